The highest BCUT2D eigenvalue weighted by Gasteiger charge is 2.31. The molecule has 0 fully saturated rings. The first-order chi connectivity index (χ1) is 19.2. The van der Waals surface area contributed by atoms with Crippen molar-refractivity contribution in [3.8, 4) is 0 Å². The summed E-state index contributed by atoms with van der Waals surface area (Å²) in [5, 5.41) is 10.6. The second-order valence-electron chi connectivity index (χ2n) is 9.68. The molecule has 1 aromatic heterocycles. The van der Waals surface area contributed by atoms with Crippen LogP contribution >= 0.6 is 0 Å². The number of carbonyl (C=O) groups is 4. The molecule has 0 bridgehead atoms. The summed E-state index contributed by atoms with van der Waals surface area (Å²) >= 11 is 0. The largest absolute Gasteiger partial charge is 0.342 e. The fourth-order valence-electron chi connectivity index (χ4n) is 3.91. The molecule has 0 radical (unpaired) electrons. The van der Waals surface area contributed by atoms with Crippen molar-refractivity contribution >= 4 is 29.4 Å². The molecule has 3 aromatic rings. The van der Waals surface area contributed by atoms with Crippen LogP contribution in [0.5, 0.6) is 0 Å². The number of hydrogen-bond acceptors (Lipinski definition) is 6. The number of nitrogens with one attached hydrogen (secondary N) is 3. The molecule has 0 aliphatic rings. The minimum Gasteiger partial charge on any atom is -0.342 e. The fourth-order valence-corrected chi connectivity index (χ4v) is 3.91. The minimum atomic E-state index is -0.996. The average Bonchev–Trinajstić information content (AvgIpc) is 2.96. The summed E-state index contributed by atoms with van der Waals surface area (Å²) in [4.78, 5) is 60.6. The van der Waals surface area contributed by atoms with Crippen LogP contribution in [-0.2, 0) is 16.0 Å². The second-order valence-corrected chi connectivity index (χ2v) is 9.68. The molecule has 0 aliphatic carbocycles. The molecule has 5 amide bonds. The quantitative estimate of drug-likeness (QED) is 0.335. The molecule has 11 heteroatoms. The van der Waals surface area contributed by atoms with Gasteiger partial charge >= 0.3 is 6.03 Å². The molecule has 40 heavy (non-hydrogen) atoms. The number of benzene rings is 2. The molecule has 0 spiro atoms. The van der Waals surface area contributed by atoms with Crippen molar-refractivity contribution in [3.63, 3.8) is 0 Å². The summed E-state index contributed by atoms with van der Waals surface area (Å²) in [5.41, 5.74) is 1.46. The topological polar surface area (TPSA) is 137 Å². The van der Waals surface area contributed by atoms with Crippen LogP contribution in [0.3, 0.4) is 0 Å². The number of aromatic nitrogens is 2. The first-order valence-corrected chi connectivity index (χ1v) is 12.9. The molecule has 0 saturated heterocycles. The molecule has 1 heterocycles. The number of rotatable bonds is 10. The van der Waals surface area contributed by atoms with E-state index < -0.39 is 35.8 Å². The van der Waals surface area contributed by atoms with Gasteiger partial charge in [0.25, 0.3) is 11.8 Å². The SMILES string of the molecule is CC(C)C[C@H](NC(=O)C(Cc1ccccc1)NC(=O)c1cnccn1)C(=O)N(C)N(C)C(=O)Nc1ccccc1. The lowest BCUT2D eigenvalue weighted by atomic mass is 10.0. The van der Waals surface area contributed by atoms with Gasteiger partial charge in [-0.15, -0.1) is 0 Å². The standard InChI is InChI=1S/C29H35N7O4/c1-20(2)17-24(28(39)35(3)36(4)29(40)32-22-13-9-6-10-14-22)34-26(37)23(18-21-11-7-5-8-12-21)33-27(38)25-19-30-15-16-31-25/h5-16,19-20,23-24H,17-18H2,1-4H3,(H,32,40)(H,33,38)(H,34,37)/t23?,24-/m0/s1. The maximum atomic E-state index is 13.6. The van der Waals surface area contributed by atoms with E-state index in [2.05, 4.69) is 25.9 Å². The maximum Gasteiger partial charge on any atom is 0.340 e. The normalized spacial score (nSPS) is 12.1. The van der Waals surface area contributed by atoms with Crippen LogP contribution < -0.4 is 16.0 Å². The Balaban J connectivity index is 1.76. The Morgan fingerprint density at radius 2 is 1.48 bits per heavy atom. The lowest BCUT2D eigenvalue weighted by Crippen LogP contribution is -2.57. The Morgan fingerprint density at radius 3 is 2.08 bits per heavy atom. The van der Waals surface area contributed by atoms with Gasteiger partial charge in [0.2, 0.25) is 5.91 Å². The molecular weight excluding hydrogens is 510 g/mol. The van der Waals surface area contributed by atoms with Crippen molar-refractivity contribution in [2.45, 2.75) is 38.8 Å². The Bertz CT molecular complexity index is 1270. The van der Waals surface area contributed by atoms with Gasteiger partial charge in [-0.25, -0.2) is 14.8 Å². The number of hydrazine groups is 1. The van der Waals surface area contributed by atoms with Crippen molar-refractivity contribution in [2.75, 3.05) is 19.4 Å². The monoisotopic (exact) mass is 545 g/mol. The van der Waals surface area contributed by atoms with E-state index in [1.807, 2.05) is 50.2 Å². The smallest absolute Gasteiger partial charge is 0.340 e. The molecule has 0 saturated carbocycles. The van der Waals surface area contributed by atoms with Gasteiger partial charge < -0.3 is 16.0 Å². The van der Waals surface area contributed by atoms with E-state index in [1.165, 1.54) is 32.7 Å². The van der Waals surface area contributed by atoms with Crippen molar-refractivity contribution in [3.05, 3.63) is 90.5 Å². The number of anilines is 1. The van der Waals surface area contributed by atoms with Crippen LogP contribution in [0, 0.1) is 5.92 Å². The number of nitrogens with zero attached hydrogens (tertiary/aromatic N) is 4. The number of carbonyl (C=O) groups excluding carboxylic acids is 4. The van der Waals surface area contributed by atoms with E-state index in [4.69, 9.17) is 0 Å². The predicted octanol–water partition coefficient (Wildman–Crippen LogP) is 2.89. The molecule has 11 nitrogen and oxygen atoms in total. The van der Waals surface area contributed by atoms with Gasteiger partial charge in [0.1, 0.15) is 17.8 Å². The highest BCUT2D eigenvalue weighted by Crippen LogP contribution is 2.12. The number of amides is 5. The average molecular weight is 546 g/mol. The van der Waals surface area contributed by atoms with Crippen molar-refractivity contribution in [1.29, 1.82) is 0 Å². The lowest BCUT2D eigenvalue weighted by molar-refractivity contribution is -0.144. The Hall–Kier alpha value is -4.80. The first kappa shape index (κ1) is 29.8. The highest BCUT2D eigenvalue weighted by molar-refractivity contribution is 5.97. The summed E-state index contributed by atoms with van der Waals surface area (Å²) in [6.07, 6.45) is 4.65. The van der Waals surface area contributed by atoms with Gasteiger partial charge in [0.05, 0.1) is 6.20 Å². The maximum absolute atomic E-state index is 13.6. The van der Waals surface area contributed by atoms with Gasteiger partial charge in [-0.1, -0.05) is 62.4 Å². The summed E-state index contributed by atoms with van der Waals surface area (Å²) in [6, 6.07) is 15.6. The molecular formula is C29H35N7O4. The van der Waals surface area contributed by atoms with Crippen LogP contribution in [0.2, 0.25) is 0 Å². The molecule has 210 valence electrons. The molecule has 0 aliphatic heterocycles. The summed E-state index contributed by atoms with van der Waals surface area (Å²) in [7, 11) is 2.92. The Morgan fingerprint density at radius 1 is 0.825 bits per heavy atom. The third kappa shape index (κ3) is 8.62. The third-order valence-corrected chi connectivity index (χ3v) is 6.11. The lowest BCUT2D eigenvalue weighted by Gasteiger charge is -2.32. The van der Waals surface area contributed by atoms with E-state index in [9.17, 15) is 19.2 Å². The van der Waals surface area contributed by atoms with Gasteiger partial charge in [-0.2, -0.15) is 0 Å². The van der Waals surface area contributed by atoms with E-state index in [1.54, 1.807) is 24.3 Å². The molecule has 2 atom stereocenters. The van der Waals surface area contributed by atoms with Crippen LogP contribution in [0.25, 0.3) is 0 Å². The van der Waals surface area contributed by atoms with Gasteiger partial charge in [-0.3, -0.25) is 24.4 Å². The van der Waals surface area contributed by atoms with E-state index in [0.717, 1.165) is 15.6 Å². The number of hydrogen-bond donors (Lipinski definition) is 3. The van der Waals surface area contributed by atoms with Crippen molar-refractivity contribution < 1.29 is 19.2 Å². The fraction of sp³-hybridized carbons (Fsp3) is 0.310. The zero-order valence-corrected chi connectivity index (χ0v) is 23.1. The zero-order chi connectivity index (χ0) is 29.1. The van der Waals surface area contributed by atoms with Crippen LogP contribution in [0.1, 0.15) is 36.3 Å². The van der Waals surface area contributed by atoms with Crippen LogP contribution in [0.4, 0.5) is 10.5 Å². The number of urea groups is 1. The van der Waals surface area contributed by atoms with Gasteiger partial charge in [0.15, 0.2) is 0 Å². The summed E-state index contributed by atoms with van der Waals surface area (Å²) < 4.78 is 0. The molecule has 3 N–H and O–H groups in total. The molecule has 1 unspecified atom stereocenters. The first-order valence-electron chi connectivity index (χ1n) is 12.9. The van der Waals surface area contributed by atoms with Gasteiger partial charge in [-0.05, 0) is 30.0 Å². The Labute approximate surface area is 234 Å². The highest BCUT2D eigenvalue weighted by atomic mass is 16.2. The van der Waals surface area contributed by atoms with Gasteiger partial charge in [0, 0.05) is 38.6 Å². The van der Waals surface area contributed by atoms with E-state index in [0.29, 0.717) is 12.1 Å². The zero-order valence-electron chi connectivity index (χ0n) is 23.1. The number of likely N-dealkylation sites (N-methyl/N-ethyl adjacent to an activating group) is 1. The molecule has 3 rings (SSSR count). The second kappa shape index (κ2) is 14.4. The summed E-state index contributed by atoms with van der Waals surface area (Å²) in [6.45, 7) is 3.85. The van der Waals surface area contributed by atoms with Crippen molar-refractivity contribution in [1.82, 2.24) is 30.6 Å². The Kier molecular flexibility index (Phi) is 10.7. The number of para-hydroxylation sites is 1. The van der Waals surface area contributed by atoms with Crippen LogP contribution in [-0.4, -0.2) is 69.9 Å². The predicted molar refractivity (Wildman–Crippen MR) is 151 cm³/mol. The van der Waals surface area contributed by atoms with E-state index >= 15 is 0 Å². The summed E-state index contributed by atoms with van der Waals surface area (Å²) in [5.74, 6) is -1.53. The van der Waals surface area contributed by atoms with Crippen LogP contribution in [0.15, 0.2) is 79.3 Å². The van der Waals surface area contributed by atoms with E-state index in [-0.39, 0.29) is 18.0 Å². The molecule has 2 aromatic carbocycles. The van der Waals surface area contributed by atoms with Crippen molar-refractivity contribution in [2.24, 2.45) is 5.92 Å². The third-order valence-electron chi connectivity index (χ3n) is 6.11. The minimum absolute atomic E-state index is 0.0489.